The summed E-state index contributed by atoms with van der Waals surface area (Å²) in [6, 6.07) is 8.42. The van der Waals surface area contributed by atoms with Gasteiger partial charge in [0.25, 0.3) is 0 Å². The molecular formula is C21H24ClN3O2S. The molecule has 0 aliphatic carbocycles. The van der Waals surface area contributed by atoms with Gasteiger partial charge < -0.3 is 14.7 Å². The molecule has 148 valence electrons. The summed E-state index contributed by atoms with van der Waals surface area (Å²) in [5, 5.41) is 13.0. The van der Waals surface area contributed by atoms with E-state index >= 15 is 0 Å². The van der Waals surface area contributed by atoms with E-state index in [4.69, 9.17) is 16.3 Å². The first-order valence-electron chi connectivity index (χ1n) is 9.76. The van der Waals surface area contributed by atoms with E-state index in [-0.39, 0.29) is 17.9 Å². The number of hydrogen-bond acceptors (Lipinski definition) is 6. The predicted octanol–water partition coefficient (Wildman–Crippen LogP) is 5.15. The average Bonchev–Trinajstić information content (AvgIpc) is 3.13. The highest BCUT2D eigenvalue weighted by atomic mass is 35.5. The smallest absolute Gasteiger partial charge is 0.225 e. The van der Waals surface area contributed by atoms with E-state index in [0.29, 0.717) is 6.61 Å². The minimum absolute atomic E-state index is 0.179. The van der Waals surface area contributed by atoms with Gasteiger partial charge in [0.1, 0.15) is 16.4 Å². The van der Waals surface area contributed by atoms with Crippen molar-refractivity contribution < 1.29 is 9.84 Å². The number of nitrogens with zero attached hydrogens (tertiary/aromatic N) is 3. The molecule has 3 heterocycles. The molecule has 4 rings (SSSR count). The number of benzene rings is 1. The fraction of sp³-hybridized carbons (Fsp3) is 0.429. The Morgan fingerprint density at radius 1 is 1.25 bits per heavy atom. The third-order valence-corrected chi connectivity index (χ3v) is 6.27. The lowest BCUT2D eigenvalue weighted by Gasteiger charge is -2.37. The summed E-state index contributed by atoms with van der Waals surface area (Å²) < 4.78 is 5.57. The first kappa shape index (κ1) is 19.4. The minimum Gasteiger partial charge on any atom is -0.494 e. The molecule has 5 nitrogen and oxygen atoms in total. The fourth-order valence-electron chi connectivity index (χ4n) is 3.94. The second kappa shape index (κ2) is 8.64. The van der Waals surface area contributed by atoms with Gasteiger partial charge in [0, 0.05) is 30.1 Å². The van der Waals surface area contributed by atoms with Gasteiger partial charge in [-0.05, 0) is 61.9 Å². The largest absolute Gasteiger partial charge is 0.494 e. The van der Waals surface area contributed by atoms with Crippen molar-refractivity contribution in [1.29, 1.82) is 0 Å². The molecule has 28 heavy (non-hydrogen) atoms. The van der Waals surface area contributed by atoms with Crippen LogP contribution in [0.25, 0.3) is 21.3 Å². The number of rotatable bonds is 6. The summed E-state index contributed by atoms with van der Waals surface area (Å²) in [6.07, 6.45) is 4.10. The molecule has 3 aromatic rings. The highest BCUT2D eigenvalue weighted by molar-refractivity contribution is 7.17. The molecule has 1 unspecified atom stereocenters. The van der Waals surface area contributed by atoms with Gasteiger partial charge in [-0.15, -0.1) is 11.3 Å². The van der Waals surface area contributed by atoms with E-state index in [9.17, 15) is 5.11 Å². The first-order chi connectivity index (χ1) is 13.7. The van der Waals surface area contributed by atoms with E-state index in [1.165, 1.54) is 6.42 Å². The SMILES string of the molecule is CCOc1ccc(-c2csc3nc(Cl)nc(N4CCCCC4CCO)c23)cc1. The maximum atomic E-state index is 9.52. The lowest BCUT2D eigenvalue weighted by molar-refractivity contribution is 0.262. The van der Waals surface area contributed by atoms with Gasteiger partial charge in [-0.2, -0.15) is 4.98 Å². The predicted molar refractivity (Wildman–Crippen MR) is 116 cm³/mol. The molecule has 1 atom stereocenters. The van der Waals surface area contributed by atoms with Crippen LogP contribution in [0.3, 0.4) is 0 Å². The highest BCUT2D eigenvalue weighted by Gasteiger charge is 2.27. The van der Waals surface area contributed by atoms with Gasteiger partial charge >= 0.3 is 0 Å². The van der Waals surface area contributed by atoms with Gasteiger partial charge in [0.2, 0.25) is 5.28 Å². The normalized spacial score (nSPS) is 17.2. The number of ether oxygens (including phenoxy) is 1. The molecule has 1 aliphatic rings. The average molecular weight is 418 g/mol. The summed E-state index contributed by atoms with van der Waals surface area (Å²) >= 11 is 7.86. The van der Waals surface area contributed by atoms with E-state index in [0.717, 1.165) is 58.7 Å². The Kier molecular flexibility index (Phi) is 5.99. The van der Waals surface area contributed by atoms with Crippen LogP contribution in [0.15, 0.2) is 29.6 Å². The quantitative estimate of drug-likeness (QED) is 0.562. The van der Waals surface area contributed by atoms with E-state index in [1.54, 1.807) is 11.3 Å². The first-order valence-corrected chi connectivity index (χ1v) is 11.0. The van der Waals surface area contributed by atoms with Crippen molar-refractivity contribution in [1.82, 2.24) is 9.97 Å². The molecule has 0 saturated carbocycles. The summed E-state index contributed by atoms with van der Waals surface area (Å²) in [6.45, 7) is 3.73. The summed E-state index contributed by atoms with van der Waals surface area (Å²) in [5.74, 6) is 1.75. The molecule has 1 saturated heterocycles. The maximum Gasteiger partial charge on any atom is 0.225 e. The van der Waals surface area contributed by atoms with Crippen LogP contribution in [0.5, 0.6) is 5.75 Å². The highest BCUT2D eigenvalue weighted by Crippen LogP contribution is 2.41. The third-order valence-electron chi connectivity index (χ3n) is 5.23. The number of aliphatic hydroxyl groups excluding tert-OH is 1. The molecule has 1 aromatic carbocycles. The van der Waals surface area contributed by atoms with Gasteiger partial charge in [0.15, 0.2) is 0 Å². The number of halogens is 1. The molecule has 1 N–H and O–H groups in total. The topological polar surface area (TPSA) is 58.5 Å². The molecule has 0 radical (unpaired) electrons. The number of thiophene rings is 1. The zero-order valence-corrected chi connectivity index (χ0v) is 17.5. The number of fused-ring (bicyclic) bond motifs is 1. The number of aliphatic hydroxyl groups is 1. The maximum absolute atomic E-state index is 9.52. The standard InChI is InChI=1S/C21H24ClN3O2S/c1-2-27-16-8-6-14(7-9-16)17-13-28-20-18(17)19(23-21(22)24-20)25-11-4-3-5-15(25)10-12-26/h6-9,13,15,26H,2-5,10-12H2,1H3. The molecule has 0 spiro atoms. The van der Waals surface area contributed by atoms with Crippen molar-refractivity contribution in [2.75, 3.05) is 24.7 Å². The van der Waals surface area contributed by atoms with Gasteiger partial charge in [-0.3, -0.25) is 0 Å². The second-order valence-corrected chi connectivity index (χ2v) is 8.15. The fourth-order valence-corrected chi connectivity index (χ4v) is 5.10. The summed E-state index contributed by atoms with van der Waals surface area (Å²) in [5.41, 5.74) is 2.22. The van der Waals surface area contributed by atoms with Crippen molar-refractivity contribution >= 4 is 39.0 Å². The molecule has 0 bridgehead atoms. The van der Waals surface area contributed by atoms with Crippen LogP contribution in [0.4, 0.5) is 5.82 Å². The van der Waals surface area contributed by atoms with Crippen molar-refractivity contribution in [3.63, 3.8) is 0 Å². The third kappa shape index (κ3) is 3.81. The van der Waals surface area contributed by atoms with Crippen LogP contribution in [0, 0.1) is 0 Å². The molecule has 1 fully saturated rings. The molecule has 1 aliphatic heterocycles. The Morgan fingerprint density at radius 3 is 2.82 bits per heavy atom. The number of hydrogen-bond donors (Lipinski definition) is 1. The Labute approximate surface area is 173 Å². The van der Waals surface area contributed by atoms with Crippen LogP contribution >= 0.6 is 22.9 Å². The van der Waals surface area contributed by atoms with Crippen LogP contribution < -0.4 is 9.64 Å². The molecular weight excluding hydrogens is 394 g/mol. The van der Waals surface area contributed by atoms with E-state index in [2.05, 4.69) is 32.4 Å². The van der Waals surface area contributed by atoms with Crippen molar-refractivity contribution in [3.8, 4) is 16.9 Å². The number of aromatic nitrogens is 2. The van der Waals surface area contributed by atoms with Gasteiger partial charge in [-0.25, -0.2) is 4.98 Å². The molecule has 2 aromatic heterocycles. The van der Waals surface area contributed by atoms with Crippen molar-refractivity contribution in [3.05, 3.63) is 34.9 Å². The Balaban J connectivity index is 1.81. The molecule has 0 amide bonds. The van der Waals surface area contributed by atoms with Crippen LogP contribution in [-0.4, -0.2) is 40.9 Å². The van der Waals surface area contributed by atoms with Crippen LogP contribution in [-0.2, 0) is 0 Å². The molecule has 7 heteroatoms. The van der Waals surface area contributed by atoms with Crippen LogP contribution in [0.2, 0.25) is 5.28 Å². The zero-order valence-electron chi connectivity index (χ0n) is 15.9. The van der Waals surface area contributed by atoms with Crippen LogP contribution in [0.1, 0.15) is 32.6 Å². The lowest BCUT2D eigenvalue weighted by Crippen LogP contribution is -2.40. The second-order valence-electron chi connectivity index (χ2n) is 6.96. The minimum atomic E-state index is 0.179. The monoisotopic (exact) mass is 417 g/mol. The van der Waals surface area contributed by atoms with Crippen molar-refractivity contribution in [2.24, 2.45) is 0 Å². The van der Waals surface area contributed by atoms with Crippen molar-refractivity contribution in [2.45, 2.75) is 38.6 Å². The van der Waals surface area contributed by atoms with Gasteiger partial charge in [0.05, 0.1) is 12.0 Å². The Bertz CT molecular complexity index is 943. The summed E-state index contributed by atoms with van der Waals surface area (Å²) in [7, 11) is 0. The van der Waals surface area contributed by atoms with E-state index in [1.807, 2.05) is 19.1 Å². The zero-order chi connectivity index (χ0) is 19.5. The van der Waals surface area contributed by atoms with E-state index < -0.39 is 0 Å². The lowest BCUT2D eigenvalue weighted by atomic mass is 9.98. The number of piperidine rings is 1. The Morgan fingerprint density at radius 2 is 2.07 bits per heavy atom. The Hall–Kier alpha value is -1.89. The summed E-state index contributed by atoms with van der Waals surface area (Å²) in [4.78, 5) is 12.3. The number of anilines is 1. The van der Waals surface area contributed by atoms with Gasteiger partial charge in [-0.1, -0.05) is 12.1 Å².